The zero-order chi connectivity index (χ0) is 12.8. The summed E-state index contributed by atoms with van der Waals surface area (Å²) < 4.78 is 2.74. The van der Waals surface area contributed by atoms with E-state index in [-0.39, 0.29) is 22.8 Å². The van der Waals surface area contributed by atoms with Gasteiger partial charge in [0.2, 0.25) is 0 Å². The molecule has 1 aromatic rings. The summed E-state index contributed by atoms with van der Waals surface area (Å²) in [6.45, 7) is 0. The van der Waals surface area contributed by atoms with E-state index >= 15 is 0 Å². The van der Waals surface area contributed by atoms with Crippen LogP contribution in [-0.4, -0.2) is 22.1 Å². The van der Waals surface area contributed by atoms with E-state index in [2.05, 4.69) is 36.4 Å². The van der Waals surface area contributed by atoms with Crippen molar-refractivity contribution in [3.05, 3.63) is 39.9 Å². The van der Waals surface area contributed by atoms with Gasteiger partial charge in [-0.2, -0.15) is 0 Å². The molecule has 1 atom stereocenters. The maximum Gasteiger partial charge on any atom is 0.269 e. The first-order valence-corrected chi connectivity index (χ1v) is 6.68. The number of nitrogens with one attached hydrogen (secondary N) is 1. The molecule has 0 radical (unpaired) electrons. The van der Waals surface area contributed by atoms with Gasteiger partial charge in [-0.25, -0.2) is 4.34 Å². The molecule has 1 N–H and O–H groups in total. The molecule has 1 rings (SSSR count). The Morgan fingerprint density at radius 1 is 1.41 bits per heavy atom. The predicted octanol–water partition coefficient (Wildman–Crippen LogP) is 2.37. The van der Waals surface area contributed by atoms with E-state index in [4.69, 9.17) is 0 Å². The molecule has 0 spiro atoms. The average molecular weight is 366 g/mol. The number of ketones is 1. The molecule has 0 saturated carbocycles. The minimum absolute atomic E-state index is 0.0141. The van der Waals surface area contributed by atoms with E-state index in [1.54, 1.807) is 12.1 Å². The van der Waals surface area contributed by atoms with Crippen LogP contribution in [0.3, 0.4) is 0 Å². The second-order valence-electron chi connectivity index (χ2n) is 3.39. The molecule has 5 nitrogen and oxygen atoms in total. The molecule has 0 bridgehead atoms. The molecule has 0 aliphatic carbocycles. The number of carbonyl (C=O) groups is 1. The quantitative estimate of drug-likeness (QED) is 0.363. The molecular weight excluding hydrogens is 356 g/mol. The number of halogens is 2. The fourth-order valence-corrected chi connectivity index (χ4v) is 2.10. The molecule has 17 heavy (non-hydrogen) atoms. The number of Topliss-reactive ketones (excluding diaryl/α,β-unsaturated/α-hetero) is 1. The number of nitrogens with zero attached hydrogens (tertiary/aromatic N) is 1. The third-order valence-corrected chi connectivity index (χ3v) is 3.34. The highest BCUT2D eigenvalue weighted by Crippen LogP contribution is 2.14. The summed E-state index contributed by atoms with van der Waals surface area (Å²) in [7, 11) is 0. The van der Waals surface area contributed by atoms with Crippen molar-refractivity contribution >= 4 is 43.5 Å². The molecule has 0 saturated heterocycles. The van der Waals surface area contributed by atoms with E-state index in [9.17, 15) is 14.9 Å². The highest BCUT2D eigenvalue weighted by molar-refractivity contribution is 9.09. The van der Waals surface area contributed by atoms with Gasteiger partial charge in [-0.05, 0) is 12.0 Å². The molecule has 0 amide bonds. The van der Waals surface area contributed by atoms with Gasteiger partial charge in [0.05, 0.1) is 16.3 Å². The Morgan fingerprint density at radius 3 is 2.41 bits per heavy atom. The summed E-state index contributed by atoms with van der Waals surface area (Å²) in [5.41, 5.74) is 0.908. The van der Waals surface area contributed by atoms with Gasteiger partial charge in [-0.3, -0.25) is 14.9 Å². The normalized spacial score (nSPS) is 12.1. The molecule has 92 valence electrons. The number of non-ortho nitro benzene ring substituents is 1. The number of alkyl halides is 1. The first-order valence-electron chi connectivity index (χ1n) is 4.76. The van der Waals surface area contributed by atoms with Gasteiger partial charge in [-0.1, -0.05) is 28.1 Å². The molecule has 0 unspecified atom stereocenters. The van der Waals surface area contributed by atoms with Gasteiger partial charge in [0.25, 0.3) is 5.69 Å². The van der Waals surface area contributed by atoms with Crippen LogP contribution in [0.4, 0.5) is 5.69 Å². The minimum atomic E-state index is -0.451. The van der Waals surface area contributed by atoms with E-state index in [1.165, 1.54) is 12.1 Å². The van der Waals surface area contributed by atoms with Gasteiger partial charge in [-0.15, -0.1) is 0 Å². The lowest BCUT2D eigenvalue weighted by molar-refractivity contribution is -0.384. The third-order valence-electron chi connectivity index (χ3n) is 2.24. The predicted molar refractivity (Wildman–Crippen MR) is 71.5 cm³/mol. The van der Waals surface area contributed by atoms with E-state index < -0.39 is 4.92 Å². The summed E-state index contributed by atoms with van der Waals surface area (Å²) in [6.07, 6.45) is 0.480. The Bertz CT molecular complexity index is 409. The van der Waals surface area contributed by atoms with Crippen LogP contribution in [0.5, 0.6) is 0 Å². The van der Waals surface area contributed by atoms with Crippen molar-refractivity contribution in [1.29, 1.82) is 0 Å². The first-order chi connectivity index (χ1) is 8.08. The smallest absolute Gasteiger partial charge is 0.269 e. The highest BCUT2D eigenvalue weighted by Gasteiger charge is 2.16. The molecular formula is C10H10Br2N2O3. The summed E-state index contributed by atoms with van der Waals surface area (Å²) in [4.78, 5) is 21.5. The van der Waals surface area contributed by atoms with Crippen LogP contribution in [0.15, 0.2) is 24.3 Å². The van der Waals surface area contributed by atoms with E-state index in [0.717, 1.165) is 5.56 Å². The SMILES string of the molecule is O=C(CBr)[C@H](Cc1ccc([N+](=O)[O-])cc1)NBr. The second kappa shape index (κ2) is 6.83. The Labute approximate surface area is 115 Å². The molecule has 0 aromatic heterocycles. The van der Waals surface area contributed by atoms with Crippen molar-refractivity contribution in [2.24, 2.45) is 0 Å². The number of benzene rings is 1. The molecule has 1 aromatic carbocycles. The fraction of sp³-hybridized carbons (Fsp3) is 0.300. The summed E-state index contributed by atoms with van der Waals surface area (Å²) >= 11 is 6.15. The van der Waals surface area contributed by atoms with Crippen LogP contribution in [0.2, 0.25) is 0 Å². The van der Waals surface area contributed by atoms with Crippen molar-refractivity contribution in [3.8, 4) is 0 Å². The van der Waals surface area contributed by atoms with Gasteiger partial charge >= 0.3 is 0 Å². The van der Waals surface area contributed by atoms with Gasteiger partial charge in [0.15, 0.2) is 5.78 Å². The standard InChI is InChI=1S/C10H10Br2N2O3/c11-6-10(15)9(13-12)5-7-1-3-8(4-2-7)14(16)17/h1-4,9,13H,5-6H2/t9-/m0/s1. The largest absolute Gasteiger partial charge is 0.297 e. The van der Waals surface area contributed by atoms with Crippen molar-refractivity contribution < 1.29 is 9.72 Å². The summed E-state index contributed by atoms with van der Waals surface area (Å²) in [6, 6.07) is 5.81. The first kappa shape index (κ1) is 14.3. The lowest BCUT2D eigenvalue weighted by Crippen LogP contribution is -2.33. The number of carbonyl (C=O) groups excluding carboxylic acids is 1. The van der Waals surface area contributed by atoms with E-state index in [0.29, 0.717) is 6.42 Å². The van der Waals surface area contributed by atoms with Crippen molar-refractivity contribution in [1.82, 2.24) is 4.34 Å². The fourth-order valence-electron chi connectivity index (χ4n) is 1.30. The Balaban J connectivity index is 2.74. The van der Waals surface area contributed by atoms with Crippen LogP contribution >= 0.6 is 32.1 Å². The topological polar surface area (TPSA) is 72.2 Å². The number of hydrogen-bond donors (Lipinski definition) is 1. The van der Waals surface area contributed by atoms with E-state index in [1.807, 2.05) is 0 Å². The molecule has 0 heterocycles. The average Bonchev–Trinajstić information content (AvgIpc) is 2.35. The van der Waals surface area contributed by atoms with Crippen LogP contribution in [0, 0.1) is 10.1 Å². The molecule has 0 aliphatic rings. The monoisotopic (exact) mass is 364 g/mol. The molecule has 7 heteroatoms. The number of hydrogen-bond acceptors (Lipinski definition) is 4. The van der Waals surface area contributed by atoms with Gasteiger partial charge in [0, 0.05) is 28.3 Å². The van der Waals surface area contributed by atoms with Crippen LogP contribution < -0.4 is 4.34 Å². The van der Waals surface area contributed by atoms with Crippen LogP contribution in [0.1, 0.15) is 5.56 Å². The van der Waals surface area contributed by atoms with Crippen LogP contribution in [0.25, 0.3) is 0 Å². The maximum absolute atomic E-state index is 11.5. The third kappa shape index (κ3) is 4.18. The maximum atomic E-state index is 11.5. The number of rotatable bonds is 6. The van der Waals surface area contributed by atoms with Gasteiger partial charge < -0.3 is 0 Å². The molecule has 0 aliphatic heterocycles. The molecule has 0 fully saturated rings. The number of nitro benzene ring substituents is 1. The van der Waals surface area contributed by atoms with Crippen molar-refractivity contribution in [3.63, 3.8) is 0 Å². The Hall–Kier alpha value is -0.790. The minimum Gasteiger partial charge on any atom is -0.297 e. The van der Waals surface area contributed by atoms with Crippen molar-refractivity contribution in [2.45, 2.75) is 12.5 Å². The Kier molecular flexibility index (Phi) is 5.73. The van der Waals surface area contributed by atoms with Crippen LogP contribution in [-0.2, 0) is 11.2 Å². The lowest BCUT2D eigenvalue weighted by atomic mass is 10.0. The second-order valence-corrected chi connectivity index (χ2v) is 4.41. The lowest BCUT2D eigenvalue weighted by Gasteiger charge is -2.12. The van der Waals surface area contributed by atoms with Crippen molar-refractivity contribution in [2.75, 3.05) is 5.33 Å². The summed E-state index contributed by atoms with van der Waals surface area (Å²) in [5.74, 6) is 0.0141. The Morgan fingerprint density at radius 2 is 2.00 bits per heavy atom. The van der Waals surface area contributed by atoms with Gasteiger partial charge in [0.1, 0.15) is 0 Å². The zero-order valence-corrected chi connectivity index (χ0v) is 11.9. The summed E-state index contributed by atoms with van der Waals surface area (Å²) in [5, 5.41) is 10.7. The number of nitro groups is 1. The highest BCUT2D eigenvalue weighted by atomic mass is 79.9. The zero-order valence-electron chi connectivity index (χ0n) is 8.73.